The fourth-order valence-electron chi connectivity index (χ4n) is 5.28. The normalized spacial score (nSPS) is 13.3. The minimum absolute atomic E-state index is 0. The van der Waals surface area contributed by atoms with Crippen molar-refractivity contribution in [1.29, 1.82) is 0 Å². The molecule has 0 amide bonds. The van der Waals surface area contributed by atoms with Crippen molar-refractivity contribution in [3.05, 3.63) is 108 Å². The third-order valence-corrected chi connectivity index (χ3v) is 10.1. The molecule has 22 nitrogen and oxygen atoms in total. The molecule has 64 heavy (non-hydrogen) atoms. The maximum atomic E-state index is 12.5. The average molecular weight is 933 g/mol. The fourth-order valence-corrected chi connectivity index (χ4v) is 6.67. The molecule has 26 heteroatoms. The van der Waals surface area contributed by atoms with Gasteiger partial charge in [-0.25, -0.2) is 16.8 Å². The molecule has 0 aliphatic carbocycles. The van der Waals surface area contributed by atoms with E-state index in [1.54, 1.807) is 60.7 Å². The van der Waals surface area contributed by atoms with Gasteiger partial charge < -0.3 is 61.4 Å². The third-order valence-electron chi connectivity index (χ3n) is 8.32. The van der Waals surface area contributed by atoms with Crippen LogP contribution in [-0.2, 0) is 20.2 Å². The Balaban J connectivity index is 0.00000449. The summed E-state index contributed by atoms with van der Waals surface area (Å²) < 4.78 is 75.1. The quantitative estimate of drug-likeness (QED) is 0.0181. The number of nitrogens with one attached hydrogen (secondary N) is 6. The molecule has 10 N–H and O–H groups in total. The minimum Gasteiger partial charge on any atom is -0.744 e. The molecule has 4 aromatic carbocycles. The summed E-state index contributed by atoms with van der Waals surface area (Å²) in [6.45, 7) is 2.66. The van der Waals surface area contributed by atoms with Crippen LogP contribution in [0.15, 0.2) is 107 Å². The van der Waals surface area contributed by atoms with Gasteiger partial charge in [0.1, 0.15) is 20.2 Å². The number of para-hydroxylation sites is 2. The van der Waals surface area contributed by atoms with Crippen LogP contribution in [-0.4, -0.2) is 101 Å². The van der Waals surface area contributed by atoms with Gasteiger partial charge in [-0.15, -0.1) is 0 Å². The second-order valence-corrected chi connectivity index (χ2v) is 15.9. The van der Waals surface area contributed by atoms with Gasteiger partial charge in [0.2, 0.25) is 35.7 Å². The van der Waals surface area contributed by atoms with Crippen LogP contribution in [0.2, 0.25) is 0 Å². The van der Waals surface area contributed by atoms with Gasteiger partial charge in [0.25, 0.3) is 0 Å². The van der Waals surface area contributed by atoms with Gasteiger partial charge in [0.05, 0.1) is 22.0 Å². The van der Waals surface area contributed by atoms with E-state index in [0.29, 0.717) is 11.4 Å². The zero-order valence-corrected chi connectivity index (χ0v) is 40.1. The first-order valence-corrected chi connectivity index (χ1v) is 21.0. The summed E-state index contributed by atoms with van der Waals surface area (Å²) in [6.07, 6.45) is -3.10. The average Bonchev–Trinajstić information content (AvgIpc) is 3.20. The van der Waals surface area contributed by atoms with Crippen LogP contribution >= 0.6 is 0 Å². The van der Waals surface area contributed by atoms with E-state index in [0.717, 1.165) is 24.3 Å². The number of nitrogens with zero attached hydrogens (tertiary/aromatic N) is 6. The molecule has 6 rings (SSSR count). The monoisotopic (exact) mass is 932 g/mol. The Morgan fingerprint density at radius 1 is 0.469 bits per heavy atom. The van der Waals surface area contributed by atoms with Crippen LogP contribution in [0.1, 0.15) is 25.0 Å². The number of aliphatic hydroxyl groups is 4. The molecule has 0 saturated heterocycles. The Kier molecular flexibility index (Phi) is 18.4. The standard InChI is InChI=1S/C38H40N12O10S2.2Na/c1-21(51)31(53)43-37-47-33(39-25-9-5-3-6-10-25)45-35(49-37)41-27-17-15-23(29(19-27)61(55,56)57)13-14-24-16-18-28(20-30(24)62(58,59)60)42-36-46-34(40-26-11-7-4-8-12-26)48-38(50-36)44-32(54)22(2)52;;/h3-22,31-32,51-54H,1-2H3,(H,55,56,57)(H,58,59,60)(H3,39,41,43,45,47,49)(H3,40,42,44,46,48,50);;/q;2*+1/p-2. The van der Waals surface area contributed by atoms with E-state index in [4.69, 9.17) is 0 Å². The summed E-state index contributed by atoms with van der Waals surface area (Å²) in [5.41, 5.74) is 0.880. The Bertz CT molecular complexity index is 2590. The molecule has 0 spiro atoms. The molecule has 0 bridgehead atoms. The molecular formula is C38H38N12Na2O10S2. The van der Waals surface area contributed by atoms with E-state index in [-0.39, 0.29) is 117 Å². The van der Waals surface area contributed by atoms with Crippen molar-refractivity contribution in [2.75, 3.05) is 31.9 Å². The van der Waals surface area contributed by atoms with Crippen molar-refractivity contribution in [1.82, 2.24) is 29.9 Å². The molecule has 2 aromatic heterocycles. The topological polar surface area (TPSA) is 345 Å². The van der Waals surface area contributed by atoms with Gasteiger partial charge in [0.15, 0.2) is 12.5 Å². The Hall–Kier alpha value is -4.90. The number of benzene rings is 4. The van der Waals surface area contributed by atoms with Gasteiger partial charge in [-0.05, 0) is 73.5 Å². The van der Waals surface area contributed by atoms with E-state index >= 15 is 0 Å². The number of anilines is 10. The SMILES string of the molecule is CC(O)C(O)Nc1nc(Nc2ccccc2)nc(Nc2ccc(C=Cc3ccc(Nc4nc(Nc5ccccc5)nc(NC(O)C(C)O)n4)cc3S(=O)(=O)[O-])c(S(=O)(=O)[O-])c2)n1.[Na+].[Na+]. The molecule has 0 saturated carbocycles. The molecule has 6 aromatic rings. The molecule has 0 aliphatic rings. The minimum atomic E-state index is -5.18. The molecular weight excluding hydrogens is 895 g/mol. The van der Waals surface area contributed by atoms with Gasteiger partial charge in [-0.2, -0.15) is 29.9 Å². The second-order valence-electron chi connectivity index (χ2n) is 13.3. The Morgan fingerprint density at radius 3 is 1.06 bits per heavy atom. The van der Waals surface area contributed by atoms with Crippen LogP contribution in [0.5, 0.6) is 0 Å². The maximum Gasteiger partial charge on any atom is 1.00 e. The number of rotatable bonds is 18. The van der Waals surface area contributed by atoms with E-state index < -0.39 is 54.7 Å². The van der Waals surface area contributed by atoms with Crippen LogP contribution < -0.4 is 91.0 Å². The molecule has 324 valence electrons. The van der Waals surface area contributed by atoms with E-state index in [9.17, 15) is 46.4 Å². The van der Waals surface area contributed by atoms with Crippen LogP contribution in [0.4, 0.5) is 58.4 Å². The van der Waals surface area contributed by atoms with Gasteiger partial charge in [0, 0.05) is 22.7 Å². The number of hydrogen-bond donors (Lipinski definition) is 10. The summed E-state index contributed by atoms with van der Waals surface area (Å²) in [5, 5.41) is 56.5. The summed E-state index contributed by atoms with van der Waals surface area (Å²) in [7, 11) is -10.4. The Labute approximate surface area is 411 Å². The van der Waals surface area contributed by atoms with Crippen molar-refractivity contribution >= 4 is 90.8 Å². The first-order valence-electron chi connectivity index (χ1n) is 18.2. The maximum absolute atomic E-state index is 12.5. The first kappa shape index (κ1) is 51.7. The van der Waals surface area contributed by atoms with E-state index in [1.807, 2.05) is 0 Å². The molecule has 0 aliphatic heterocycles. The molecule has 2 heterocycles. The molecule has 0 fully saturated rings. The summed E-state index contributed by atoms with van der Waals surface area (Å²) in [5.74, 6) is -0.709. The zero-order chi connectivity index (χ0) is 44.6. The van der Waals surface area contributed by atoms with Crippen LogP contribution in [0.3, 0.4) is 0 Å². The summed E-state index contributed by atoms with van der Waals surface area (Å²) in [4.78, 5) is 23.8. The second kappa shape index (κ2) is 22.8. The zero-order valence-electron chi connectivity index (χ0n) is 34.4. The largest absolute Gasteiger partial charge is 1.00 e. The van der Waals surface area contributed by atoms with Gasteiger partial charge >= 0.3 is 59.1 Å². The van der Waals surface area contributed by atoms with Gasteiger partial charge in [-0.3, -0.25) is 0 Å². The first-order chi connectivity index (χ1) is 29.4. The van der Waals surface area contributed by atoms with E-state index in [1.165, 1.54) is 38.1 Å². The summed E-state index contributed by atoms with van der Waals surface area (Å²) >= 11 is 0. The van der Waals surface area contributed by atoms with Crippen LogP contribution in [0, 0.1) is 0 Å². The van der Waals surface area contributed by atoms with E-state index in [2.05, 4.69) is 61.8 Å². The van der Waals surface area contributed by atoms with Crippen LogP contribution in [0.25, 0.3) is 12.2 Å². The number of aromatic nitrogens is 6. The summed E-state index contributed by atoms with van der Waals surface area (Å²) in [6, 6.07) is 24.8. The predicted molar refractivity (Wildman–Crippen MR) is 226 cm³/mol. The smallest absolute Gasteiger partial charge is 0.744 e. The van der Waals surface area contributed by atoms with Crippen molar-refractivity contribution < 1.29 is 105 Å². The van der Waals surface area contributed by atoms with Crippen molar-refractivity contribution in [2.24, 2.45) is 0 Å². The Morgan fingerprint density at radius 2 is 0.766 bits per heavy atom. The molecule has 4 unspecified atom stereocenters. The number of hydrogen-bond acceptors (Lipinski definition) is 22. The van der Waals surface area contributed by atoms with Crippen molar-refractivity contribution in [2.45, 2.75) is 48.3 Å². The van der Waals surface area contributed by atoms with Gasteiger partial charge in [-0.1, -0.05) is 60.7 Å². The number of aliphatic hydroxyl groups excluding tert-OH is 4. The fraction of sp³-hybridized carbons (Fsp3) is 0.158. The molecule has 4 atom stereocenters. The van der Waals surface area contributed by atoms with Crippen molar-refractivity contribution in [3.63, 3.8) is 0 Å². The molecule has 0 radical (unpaired) electrons. The van der Waals surface area contributed by atoms with Crippen molar-refractivity contribution in [3.8, 4) is 0 Å². The third kappa shape index (κ3) is 14.8. The predicted octanol–water partition coefficient (Wildman–Crippen LogP) is -2.76.